The van der Waals surface area contributed by atoms with E-state index in [4.69, 9.17) is 23.2 Å². The number of carbonyl (C=O) groups excluding carboxylic acids is 2. The number of imide groups is 1. The molecule has 0 aliphatic carbocycles. The van der Waals surface area contributed by atoms with Gasteiger partial charge in [0.2, 0.25) is 0 Å². The summed E-state index contributed by atoms with van der Waals surface area (Å²) in [4.78, 5) is 26.5. The van der Waals surface area contributed by atoms with Crippen molar-refractivity contribution in [2.75, 3.05) is 4.90 Å². The summed E-state index contributed by atoms with van der Waals surface area (Å²) in [7, 11) is 0. The maximum absolute atomic E-state index is 12.7. The van der Waals surface area contributed by atoms with Crippen LogP contribution in [0, 0.1) is 0 Å². The van der Waals surface area contributed by atoms with Gasteiger partial charge in [0.25, 0.3) is 11.8 Å². The van der Waals surface area contributed by atoms with E-state index in [0.717, 1.165) is 15.7 Å². The Morgan fingerprint density at radius 2 is 1.17 bits per heavy atom. The van der Waals surface area contributed by atoms with E-state index in [1.165, 1.54) is 0 Å². The summed E-state index contributed by atoms with van der Waals surface area (Å²) in [5.74, 6) is -0.733. The number of halogens is 2. The molecule has 0 saturated carbocycles. The molecule has 0 saturated heterocycles. The van der Waals surface area contributed by atoms with E-state index >= 15 is 0 Å². The Bertz CT molecular complexity index is 923. The molecule has 0 bridgehead atoms. The molecule has 0 unspecified atom stereocenters. The zero-order valence-electron chi connectivity index (χ0n) is 11.7. The first-order valence-corrected chi connectivity index (χ1v) is 7.68. The third-order valence-electron chi connectivity index (χ3n) is 3.86. The number of fused-ring (bicyclic) bond motifs is 2. The molecule has 5 heteroatoms. The van der Waals surface area contributed by atoms with Crippen molar-refractivity contribution in [3.63, 3.8) is 0 Å². The molecule has 0 N–H and O–H groups in total. The molecular formula is C18H9Cl2NO2. The number of benzene rings is 3. The second-order valence-electron chi connectivity index (χ2n) is 5.32. The summed E-state index contributed by atoms with van der Waals surface area (Å²) in [6.07, 6.45) is 0. The number of amides is 2. The molecule has 112 valence electrons. The first-order chi connectivity index (χ1) is 11.0. The molecule has 4 rings (SSSR count). The van der Waals surface area contributed by atoms with E-state index in [2.05, 4.69) is 0 Å². The van der Waals surface area contributed by atoms with Crippen LogP contribution in [0.5, 0.6) is 0 Å². The molecular weight excluding hydrogens is 333 g/mol. The summed E-state index contributed by atoms with van der Waals surface area (Å²) < 4.78 is 0. The van der Waals surface area contributed by atoms with Crippen LogP contribution in [0.3, 0.4) is 0 Å². The molecule has 0 atom stereocenters. The van der Waals surface area contributed by atoms with Crippen LogP contribution in [-0.2, 0) is 0 Å². The number of rotatable bonds is 1. The molecule has 3 aromatic rings. The SMILES string of the molecule is O=C1c2cc3ccccc3cc2C(=O)N1c1cc(Cl)cc(Cl)c1. The summed E-state index contributed by atoms with van der Waals surface area (Å²) in [5.41, 5.74) is 1.16. The lowest BCUT2D eigenvalue weighted by atomic mass is 10.0. The number of hydrogen-bond donors (Lipinski definition) is 0. The molecule has 3 aromatic carbocycles. The molecule has 0 radical (unpaired) electrons. The topological polar surface area (TPSA) is 37.4 Å². The zero-order chi connectivity index (χ0) is 16.1. The van der Waals surface area contributed by atoms with E-state index in [1.807, 2.05) is 24.3 Å². The highest BCUT2D eigenvalue weighted by atomic mass is 35.5. The number of carbonyl (C=O) groups is 2. The average Bonchev–Trinajstić information content (AvgIpc) is 2.75. The monoisotopic (exact) mass is 341 g/mol. The van der Waals surface area contributed by atoms with E-state index in [9.17, 15) is 9.59 Å². The van der Waals surface area contributed by atoms with Crippen LogP contribution >= 0.6 is 23.2 Å². The molecule has 1 aliphatic rings. The fraction of sp³-hybridized carbons (Fsp3) is 0. The van der Waals surface area contributed by atoms with Gasteiger partial charge < -0.3 is 0 Å². The van der Waals surface area contributed by atoms with Gasteiger partial charge in [-0.15, -0.1) is 0 Å². The summed E-state index contributed by atoms with van der Waals surface area (Å²) >= 11 is 12.0. The van der Waals surface area contributed by atoms with Crippen LogP contribution in [0.4, 0.5) is 5.69 Å². The predicted octanol–water partition coefficient (Wildman–Crippen LogP) is 4.95. The van der Waals surface area contributed by atoms with Crippen molar-refractivity contribution in [1.29, 1.82) is 0 Å². The van der Waals surface area contributed by atoms with Gasteiger partial charge >= 0.3 is 0 Å². The van der Waals surface area contributed by atoms with E-state index in [1.54, 1.807) is 30.3 Å². The minimum atomic E-state index is -0.367. The average molecular weight is 342 g/mol. The minimum absolute atomic E-state index is 0.367. The third kappa shape index (κ3) is 2.21. The minimum Gasteiger partial charge on any atom is -0.268 e. The van der Waals surface area contributed by atoms with Crippen molar-refractivity contribution in [2.24, 2.45) is 0 Å². The van der Waals surface area contributed by atoms with E-state index in [-0.39, 0.29) is 11.8 Å². The van der Waals surface area contributed by atoms with Crippen LogP contribution in [-0.4, -0.2) is 11.8 Å². The van der Waals surface area contributed by atoms with Crippen LogP contribution in [0.2, 0.25) is 10.0 Å². The number of nitrogens with zero attached hydrogens (tertiary/aromatic N) is 1. The lowest BCUT2D eigenvalue weighted by Gasteiger charge is -2.14. The largest absolute Gasteiger partial charge is 0.268 e. The lowest BCUT2D eigenvalue weighted by molar-refractivity contribution is 0.0926. The first kappa shape index (κ1) is 14.2. The molecule has 2 amide bonds. The Morgan fingerprint density at radius 3 is 1.65 bits per heavy atom. The van der Waals surface area contributed by atoms with Gasteiger partial charge in [-0.3, -0.25) is 9.59 Å². The van der Waals surface area contributed by atoms with Gasteiger partial charge in [0.1, 0.15) is 0 Å². The maximum Gasteiger partial charge on any atom is 0.266 e. The quantitative estimate of drug-likeness (QED) is 0.587. The molecule has 3 nitrogen and oxygen atoms in total. The molecule has 0 aromatic heterocycles. The maximum atomic E-state index is 12.7. The molecule has 1 heterocycles. The first-order valence-electron chi connectivity index (χ1n) is 6.92. The van der Waals surface area contributed by atoms with Crippen molar-refractivity contribution < 1.29 is 9.59 Å². The second kappa shape index (κ2) is 5.08. The lowest BCUT2D eigenvalue weighted by Crippen LogP contribution is -2.29. The van der Waals surface area contributed by atoms with Gasteiger partial charge in [-0.25, -0.2) is 4.90 Å². The highest BCUT2D eigenvalue weighted by Crippen LogP contribution is 2.34. The third-order valence-corrected chi connectivity index (χ3v) is 4.29. The standard InChI is InChI=1S/C18H9Cl2NO2/c19-12-7-13(20)9-14(8-12)21-17(22)15-5-10-3-1-2-4-11(10)6-16(15)18(21)23/h1-9H. The Kier molecular flexibility index (Phi) is 3.15. The molecule has 0 spiro atoms. The van der Waals surface area contributed by atoms with Crippen LogP contribution in [0.1, 0.15) is 20.7 Å². The second-order valence-corrected chi connectivity index (χ2v) is 6.19. The zero-order valence-corrected chi connectivity index (χ0v) is 13.2. The fourth-order valence-corrected chi connectivity index (χ4v) is 3.34. The van der Waals surface area contributed by atoms with Gasteiger partial charge in [0.05, 0.1) is 16.8 Å². The Hall–Kier alpha value is -2.36. The number of hydrogen-bond acceptors (Lipinski definition) is 2. The predicted molar refractivity (Wildman–Crippen MR) is 91.6 cm³/mol. The smallest absolute Gasteiger partial charge is 0.266 e. The Morgan fingerprint density at radius 1 is 0.696 bits per heavy atom. The van der Waals surface area contributed by atoms with Crippen molar-refractivity contribution in [3.05, 3.63) is 75.8 Å². The summed E-state index contributed by atoms with van der Waals surface area (Å²) in [6.45, 7) is 0. The summed E-state index contributed by atoms with van der Waals surface area (Å²) in [5, 5.41) is 2.57. The van der Waals surface area contributed by atoms with Crippen LogP contribution in [0.15, 0.2) is 54.6 Å². The van der Waals surface area contributed by atoms with Crippen molar-refractivity contribution in [2.45, 2.75) is 0 Å². The molecule has 23 heavy (non-hydrogen) atoms. The van der Waals surface area contributed by atoms with Gasteiger partial charge in [0, 0.05) is 10.0 Å². The van der Waals surface area contributed by atoms with Gasteiger partial charge in [0.15, 0.2) is 0 Å². The summed E-state index contributed by atoms with van der Waals surface area (Å²) in [6, 6.07) is 15.8. The Balaban J connectivity index is 1.90. The van der Waals surface area contributed by atoms with Crippen molar-refractivity contribution in [3.8, 4) is 0 Å². The highest BCUT2D eigenvalue weighted by Gasteiger charge is 2.37. The van der Waals surface area contributed by atoms with Crippen LogP contribution < -0.4 is 4.90 Å². The van der Waals surface area contributed by atoms with Crippen molar-refractivity contribution in [1.82, 2.24) is 0 Å². The highest BCUT2D eigenvalue weighted by molar-refractivity contribution is 6.38. The van der Waals surface area contributed by atoms with Crippen LogP contribution in [0.25, 0.3) is 10.8 Å². The van der Waals surface area contributed by atoms with E-state index in [0.29, 0.717) is 26.9 Å². The molecule has 1 aliphatic heterocycles. The Labute approximate surface area is 142 Å². The van der Waals surface area contributed by atoms with Gasteiger partial charge in [-0.1, -0.05) is 47.5 Å². The van der Waals surface area contributed by atoms with Crippen molar-refractivity contribution >= 4 is 51.5 Å². The normalized spacial score (nSPS) is 13.7. The number of anilines is 1. The molecule has 0 fully saturated rings. The van der Waals surface area contributed by atoms with Gasteiger partial charge in [-0.05, 0) is 41.1 Å². The van der Waals surface area contributed by atoms with Gasteiger partial charge in [-0.2, -0.15) is 0 Å². The fourth-order valence-electron chi connectivity index (χ4n) is 2.83. The van der Waals surface area contributed by atoms with E-state index < -0.39 is 0 Å².